The molecule has 2 aromatic rings. The lowest BCUT2D eigenvalue weighted by atomic mass is 9.99. The van der Waals surface area contributed by atoms with Crippen molar-refractivity contribution in [3.8, 4) is 0 Å². The molecule has 0 aromatic carbocycles. The number of imidazole rings is 1. The van der Waals surface area contributed by atoms with Crippen molar-refractivity contribution in [2.24, 2.45) is 0 Å². The Labute approximate surface area is 87.7 Å². The molecule has 2 N–H and O–H groups in total. The van der Waals surface area contributed by atoms with E-state index in [0.717, 1.165) is 24.4 Å². The minimum atomic E-state index is 0.179. The third-order valence-corrected chi connectivity index (χ3v) is 2.96. The highest BCUT2D eigenvalue weighted by Gasteiger charge is 2.25. The second-order valence-corrected chi connectivity index (χ2v) is 3.84. The molecule has 4 heteroatoms. The van der Waals surface area contributed by atoms with Crippen LogP contribution in [0.1, 0.15) is 28.8 Å². The molecule has 1 atom stereocenters. The van der Waals surface area contributed by atoms with E-state index >= 15 is 0 Å². The fourth-order valence-corrected chi connectivity index (χ4v) is 2.17. The average Bonchev–Trinajstić information content (AvgIpc) is 2.85. The van der Waals surface area contributed by atoms with E-state index in [4.69, 9.17) is 4.42 Å². The summed E-state index contributed by atoms with van der Waals surface area (Å²) < 4.78 is 5.33. The van der Waals surface area contributed by atoms with Crippen LogP contribution in [0.5, 0.6) is 0 Å². The lowest BCUT2D eigenvalue weighted by molar-refractivity contribution is 0.507. The summed E-state index contributed by atoms with van der Waals surface area (Å²) in [4.78, 5) is 7.56. The Hall–Kier alpha value is -1.55. The average molecular weight is 203 g/mol. The quantitative estimate of drug-likeness (QED) is 0.739. The van der Waals surface area contributed by atoms with Crippen LogP contribution < -0.4 is 5.32 Å². The third kappa shape index (κ3) is 1.29. The Morgan fingerprint density at radius 2 is 2.47 bits per heavy atom. The van der Waals surface area contributed by atoms with Gasteiger partial charge in [0.15, 0.2) is 0 Å². The van der Waals surface area contributed by atoms with E-state index in [9.17, 15) is 0 Å². The van der Waals surface area contributed by atoms with Gasteiger partial charge in [0, 0.05) is 24.2 Å². The molecule has 0 amide bonds. The van der Waals surface area contributed by atoms with Crippen molar-refractivity contribution in [1.29, 1.82) is 0 Å². The molecule has 78 valence electrons. The van der Waals surface area contributed by atoms with Crippen LogP contribution in [0.25, 0.3) is 0 Å². The summed E-state index contributed by atoms with van der Waals surface area (Å²) in [5, 5.41) is 3.46. The molecule has 3 heterocycles. The highest BCUT2D eigenvalue weighted by molar-refractivity contribution is 5.33. The molecule has 2 aromatic heterocycles. The van der Waals surface area contributed by atoms with E-state index in [-0.39, 0.29) is 6.04 Å². The van der Waals surface area contributed by atoms with Gasteiger partial charge in [0.2, 0.25) is 0 Å². The minimum Gasteiger partial charge on any atom is -0.469 e. The number of nitrogens with zero attached hydrogens (tertiary/aromatic N) is 1. The summed E-state index contributed by atoms with van der Waals surface area (Å²) in [6, 6.07) is 2.19. The highest BCUT2D eigenvalue weighted by atomic mass is 16.3. The summed E-state index contributed by atoms with van der Waals surface area (Å²) in [5.74, 6) is 0.961. The van der Waals surface area contributed by atoms with Gasteiger partial charge in [-0.2, -0.15) is 0 Å². The van der Waals surface area contributed by atoms with Crippen molar-refractivity contribution in [2.75, 3.05) is 6.54 Å². The minimum absolute atomic E-state index is 0.179. The number of rotatable bonds is 1. The van der Waals surface area contributed by atoms with Crippen LogP contribution in [0.15, 0.2) is 23.1 Å². The first kappa shape index (κ1) is 8.73. The van der Waals surface area contributed by atoms with Gasteiger partial charge in [-0.3, -0.25) is 0 Å². The molecule has 0 radical (unpaired) electrons. The summed E-state index contributed by atoms with van der Waals surface area (Å²) in [7, 11) is 0. The van der Waals surface area contributed by atoms with Gasteiger partial charge in [0.05, 0.1) is 24.3 Å². The van der Waals surface area contributed by atoms with Crippen LogP contribution >= 0.6 is 0 Å². The number of H-pyrrole nitrogens is 1. The number of aromatic amines is 1. The number of aromatic nitrogens is 2. The molecule has 0 saturated heterocycles. The van der Waals surface area contributed by atoms with Crippen molar-refractivity contribution >= 4 is 0 Å². The predicted molar refractivity (Wildman–Crippen MR) is 55.6 cm³/mol. The van der Waals surface area contributed by atoms with Crippen molar-refractivity contribution in [3.05, 3.63) is 41.4 Å². The first-order valence-corrected chi connectivity index (χ1v) is 5.16. The van der Waals surface area contributed by atoms with Crippen LogP contribution in [0, 0.1) is 6.92 Å². The molecule has 4 nitrogen and oxygen atoms in total. The van der Waals surface area contributed by atoms with E-state index in [0.29, 0.717) is 0 Å². The molecule has 1 aliphatic heterocycles. The van der Waals surface area contributed by atoms with E-state index in [1.54, 1.807) is 12.6 Å². The summed E-state index contributed by atoms with van der Waals surface area (Å²) in [6.07, 6.45) is 4.51. The molecule has 0 spiro atoms. The van der Waals surface area contributed by atoms with Crippen molar-refractivity contribution < 1.29 is 4.42 Å². The Kier molecular flexibility index (Phi) is 1.89. The number of hydrogen-bond acceptors (Lipinski definition) is 3. The second kappa shape index (κ2) is 3.24. The Balaban J connectivity index is 2.07. The summed E-state index contributed by atoms with van der Waals surface area (Å²) >= 11 is 0. The van der Waals surface area contributed by atoms with Gasteiger partial charge in [-0.15, -0.1) is 0 Å². The van der Waals surface area contributed by atoms with Crippen LogP contribution in [-0.4, -0.2) is 16.5 Å². The molecular weight excluding hydrogens is 190 g/mol. The maximum absolute atomic E-state index is 5.33. The smallest absolute Gasteiger partial charge is 0.105 e. The van der Waals surface area contributed by atoms with Gasteiger partial charge in [-0.1, -0.05) is 0 Å². The topological polar surface area (TPSA) is 53.9 Å². The van der Waals surface area contributed by atoms with Gasteiger partial charge in [0.25, 0.3) is 0 Å². The third-order valence-electron chi connectivity index (χ3n) is 2.96. The molecule has 1 unspecified atom stereocenters. The zero-order valence-electron chi connectivity index (χ0n) is 8.58. The van der Waals surface area contributed by atoms with Gasteiger partial charge < -0.3 is 14.7 Å². The molecule has 0 bridgehead atoms. The number of furan rings is 1. The summed E-state index contributed by atoms with van der Waals surface area (Å²) in [6.45, 7) is 2.96. The van der Waals surface area contributed by atoms with Crippen LogP contribution in [0.2, 0.25) is 0 Å². The monoisotopic (exact) mass is 203 g/mol. The van der Waals surface area contributed by atoms with Crippen LogP contribution in [0.4, 0.5) is 0 Å². The largest absolute Gasteiger partial charge is 0.469 e. The van der Waals surface area contributed by atoms with E-state index < -0.39 is 0 Å². The van der Waals surface area contributed by atoms with Gasteiger partial charge in [-0.05, 0) is 13.0 Å². The molecule has 0 saturated carbocycles. The number of nitrogens with one attached hydrogen (secondary N) is 2. The Morgan fingerprint density at radius 1 is 1.53 bits per heavy atom. The fraction of sp³-hybridized carbons (Fsp3) is 0.364. The van der Waals surface area contributed by atoms with E-state index in [1.807, 2.05) is 13.0 Å². The SMILES string of the molecule is Cc1occc1C1NCCc2[nH]cnc21. The normalized spacial score (nSPS) is 20.2. The lowest BCUT2D eigenvalue weighted by Gasteiger charge is -2.22. The van der Waals surface area contributed by atoms with Gasteiger partial charge >= 0.3 is 0 Å². The summed E-state index contributed by atoms with van der Waals surface area (Å²) in [5.41, 5.74) is 3.52. The molecule has 15 heavy (non-hydrogen) atoms. The molecule has 0 aliphatic carbocycles. The van der Waals surface area contributed by atoms with Crippen molar-refractivity contribution in [3.63, 3.8) is 0 Å². The van der Waals surface area contributed by atoms with Gasteiger partial charge in [-0.25, -0.2) is 4.98 Å². The molecular formula is C11H13N3O. The molecule has 0 fully saturated rings. The highest BCUT2D eigenvalue weighted by Crippen LogP contribution is 2.28. The Bertz CT molecular complexity index is 472. The lowest BCUT2D eigenvalue weighted by Crippen LogP contribution is -2.30. The number of fused-ring (bicyclic) bond motifs is 1. The van der Waals surface area contributed by atoms with Crippen LogP contribution in [-0.2, 0) is 6.42 Å². The second-order valence-electron chi connectivity index (χ2n) is 3.84. The zero-order valence-corrected chi connectivity index (χ0v) is 8.58. The zero-order chi connectivity index (χ0) is 10.3. The first-order chi connectivity index (χ1) is 7.36. The molecule has 1 aliphatic rings. The van der Waals surface area contributed by atoms with Crippen molar-refractivity contribution in [1.82, 2.24) is 15.3 Å². The van der Waals surface area contributed by atoms with Crippen molar-refractivity contribution in [2.45, 2.75) is 19.4 Å². The maximum Gasteiger partial charge on any atom is 0.105 e. The van der Waals surface area contributed by atoms with E-state index in [1.165, 1.54) is 11.3 Å². The first-order valence-electron chi connectivity index (χ1n) is 5.16. The number of aryl methyl sites for hydroxylation is 1. The Morgan fingerprint density at radius 3 is 3.27 bits per heavy atom. The molecule has 3 rings (SSSR count). The standard InChI is InChI=1S/C11H13N3O/c1-7-8(3-5-15-7)10-11-9(2-4-12-10)13-6-14-11/h3,5-6,10,12H,2,4H2,1H3,(H,13,14). The van der Waals surface area contributed by atoms with Crippen LogP contribution in [0.3, 0.4) is 0 Å². The maximum atomic E-state index is 5.33. The van der Waals surface area contributed by atoms with E-state index in [2.05, 4.69) is 15.3 Å². The van der Waals surface area contributed by atoms with Gasteiger partial charge in [0.1, 0.15) is 5.76 Å². The predicted octanol–water partition coefficient (Wildman–Crippen LogP) is 1.55. The fourth-order valence-electron chi connectivity index (χ4n) is 2.17. The number of hydrogen-bond donors (Lipinski definition) is 2.